The van der Waals surface area contributed by atoms with Crippen molar-refractivity contribution in [2.24, 2.45) is 5.73 Å². The van der Waals surface area contributed by atoms with E-state index >= 15 is 0 Å². The molecule has 0 aromatic heterocycles. The molecular formula is C5H10FN3O. The van der Waals surface area contributed by atoms with Crippen molar-refractivity contribution >= 4 is 11.9 Å². The molecular weight excluding hydrogens is 137 g/mol. The minimum atomic E-state index is -0.787. The molecule has 0 heterocycles. The fraction of sp³-hybridized carbons (Fsp3) is 0.600. The predicted octanol–water partition coefficient (Wildman–Crippen LogP) is 0.334. The Bertz CT molecular complexity index is 134. The van der Waals surface area contributed by atoms with Crippen molar-refractivity contribution in [1.29, 1.82) is 5.41 Å². The molecule has 0 atom stereocenters. The maximum absolute atomic E-state index is 11.6. The fourth-order valence-electron chi connectivity index (χ4n) is 0.528. The first kappa shape index (κ1) is 8.87. The van der Waals surface area contributed by atoms with E-state index in [-0.39, 0.29) is 12.4 Å². The first-order valence-electron chi connectivity index (χ1n) is 2.77. The summed E-state index contributed by atoms with van der Waals surface area (Å²) >= 11 is 0. The number of primary amides is 1. The molecule has 0 aromatic carbocycles. The monoisotopic (exact) mass is 147 g/mol. The van der Waals surface area contributed by atoms with Crippen molar-refractivity contribution in [3.63, 3.8) is 0 Å². The second kappa shape index (κ2) is 3.81. The first-order valence-corrected chi connectivity index (χ1v) is 2.77. The minimum Gasteiger partial charge on any atom is -0.351 e. The molecule has 58 valence electrons. The number of hydrogen-bond donors (Lipinski definition) is 2. The van der Waals surface area contributed by atoms with E-state index in [4.69, 9.17) is 11.1 Å². The van der Waals surface area contributed by atoms with Gasteiger partial charge in [0.2, 0.25) is 0 Å². The van der Waals surface area contributed by atoms with Crippen LogP contribution in [0.25, 0.3) is 0 Å². The van der Waals surface area contributed by atoms with Gasteiger partial charge in [0.1, 0.15) is 12.5 Å². The van der Waals surface area contributed by atoms with Crippen molar-refractivity contribution in [3.05, 3.63) is 0 Å². The topological polar surface area (TPSA) is 70.2 Å². The second-order valence-corrected chi connectivity index (χ2v) is 1.76. The number of nitrogens with two attached hydrogens (primary N) is 1. The standard InChI is InChI=1S/C5H10FN3O/c1-4(7)9(3-2-6)5(8)10/h7H,2-3H2,1H3,(H2,8,10). The number of alkyl halides is 1. The normalized spacial score (nSPS) is 9.00. The Hall–Kier alpha value is -1.13. The number of carbonyl (C=O) groups is 1. The summed E-state index contributed by atoms with van der Waals surface area (Å²) in [6, 6.07) is -0.787. The lowest BCUT2D eigenvalue weighted by Gasteiger charge is -2.15. The molecule has 0 aliphatic rings. The van der Waals surface area contributed by atoms with Gasteiger partial charge in [-0.1, -0.05) is 0 Å². The fourth-order valence-corrected chi connectivity index (χ4v) is 0.528. The largest absolute Gasteiger partial charge is 0.351 e. The maximum Gasteiger partial charge on any atom is 0.320 e. The highest BCUT2D eigenvalue weighted by Gasteiger charge is 2.09. The van der Waals surface area contributed by atoms with Crippen molar-refractivity contribution < 1.29 is 9.18 Å². The highest BCUT2D eigenvalue weighted by molar-refractivity contribution is 5.93. The lowest BCUT2D eigenvalue weighted by Crippen LogP contribution is -2.40. The van der Waals surface area contributed by atoms with Crippen LogP contribution in [0.4, 0.5) is 9.18 Å². The number of rotatable bonds is 2. The lowest BCUT2D eigenvalue weighted by molar-refractivity contribution is 0.226. The van der Waals surface area contributed by atoms with Gasteiger partial charge in [-0.3, -0.25) is 10.3 Å². The Balaban J connectivity index is 3.98. The zero-order valence-electron chi connectivity index (χ0n) is 5.72. The van der Waals surface area contributed by atoms with E-state index in [2.05, 4.69) is 0 Å². The van der Waals surface area contributed by atoms with Crippen LogP contribution in [-0.4, -0.2) is 30.0 Å². The highest BCUT2D eigenvalue weighted by Crippen LogP contribution is 1.88. The van der Waals surface area contributed by atoms with Gasteiger partial charge in [0.05, 0.1) is 6.54 Å². The van der Waals surface area contributed by atoms with E-state index in [1.54, 1.807) is 0 Å². The van der Waals surface area contributed by atoms with Gasteiger partial charge < -0.3 is 5.73 Å². The average Bonchev–Trinajstić information content (AvgIpc) is 1.81. The van der Waals surface area contributed by atoms with Gasteiger partial charge in [0, 0.05) is 0 Å². The number of amides is 2. The third-order valence-electron chi connectivity index (χ3n) is 0.979. The molecule has 0 bridgehead atoms. The molecule has 4 nitrogen and oxygen atoms in total. The number of nitrogens with zero attached hydrogens (tertiary/aromatic N) is 1. The molecule has 0 radical (unpaired) electrons. The zero-order valence-corrected chi connectivity index (χ0v) is 5.72. The van der Waals surface area contributed by atoms with Crippen LogP contribution in [0.15, 0.2) is 0 Å². The van der Waals surface area contributed by atoms with E-state index in [9.17, 15) is 9.18 Å². The molecule has 0 rings (SSSR count). The van der Waals surface area contributed by atoms with Crippen LogP contribution in [0.3, 0.4) is 0 Å². The number of nitrogens with one attached hydrogen (secondary N) is 1. The number of urea groups is 1. The van der Waals surface area contributed by atoms with Crippen molar-refractivity contribution in [2.45, 2.75) is 6.92 Å². The molecule has 0 aliphatic heterocycles. The third-order valence-corrected chi connectivity index (χ3v) is 0.979. The van der Waals surface area contributed by atoms with Gasteiger partial charge in [0.25, 0.3) is 0 Å². The highest BCUT2D eigenvalue weighted by atomic mass is 19.1. The molecule has 2 amide bonds. The Morgan fingerprint density at radius 2 is 2.30 bits per heavy atom. The van der Waals surface area contributed by atoms with E-state index < -0.39 is 12.7 Å². The van der Waals surface area contributed by atoms with Gasteiger partial charge in [0.15, 0.2) is 0 Å². The number of carbonyl (C=O) groups excluding carboxylic acids is 1. The van der Waals surface area contributed by atoms with Gasteiger partial charge >= 0.3 is 6.03 Å². The van der Waals surface area contributed by atoms with Gasteiger partial charge in [-0.15, -0.1) is 0 Å². The summed E-state index contributed by atoms with van der Waals surface area (Å²) in [5.41, 5.74) is 4.80. The maximum atomic E-state index is 11.6. The van der Waals surface area contributed by atoms with Crippen molar-refractivity contribution in [1.82, 2.24) is 4.90 Å². The molecule has 5 heteroatoms. The van der Waals surface area contributed by atoms with E-state index in [1.807, 2.05) is 0 Å². The average molecular weight is 147 g/mol. The second-order valence-electron chi connectivity index (χ2n) is 1.76. The van der Waals surface area contributed by atoms with Gasteiger partial charge in [-0.2, -0.15) is 0 Å². The van der Waals surface area contributed by atoms with Crippen LogP contribution in [-0.2, 0) is 0 Å². The molecule has 0 fully saturated rings. The molecule has 0 spiro atoms. The lowest BCUT2D eigenvalue weighted by atomic mass is 10.5. The SMILES string of the molecule is CC(=N)N(CCF)C(N)=O. The number of amidine groups is 1. The Kier molecular flexibility index (Phi) is 3.38. The van der Waals surface area contributed by atoms with Crippen molar-refractivity contribution in [2.75, 3.05) is 13.2 Å². The summed E-state index contributed by atoms with van der Waals surface area (Å²) < 4.78 is 11.6. The quantitative estimate of drug-likeness (QED) is 0.429. The van der Waals surface area contributed by atoms with E-state index in [0.29, 0.717) is 0 Å². The molecule has 3 N–H and O–H groups in total. The summed E-state index contributed by atoms with van der Waals surface area (Å²) in [7, 11) is 0. The Morgan fingerprint density at radius 3 is 2.40 bits per heavy atom. The van der Waals surface area contributed by atoms with Crippen LogP contribution in [0, 0.1) is 5.41 Å². The van der Waals surface area contributed by atoms with Crippen LogP contribution < -0.4 is 5.73 Å². The molecule has 0 aliphatic carbocycles. The number of halogens is 1. The van der Waals surface area contributed by atoms with Gasteiger partial charge in [-0.05, 0) is 6.92 Å². The van der Waals surface area contributed by atoms with Crippen LogP contribution in [0.2, 0.25) is 0 Å². The molecule has 0 unspecified atom stereocenters. The summed E-state index contributed by atoms with van der Waals surface area (Å²) in [6.45, 7) is 0.560. The van der Waals surface area contributed by atoms with Crippen molar-refractivity contribution in [3.8, 4) is 0 Å². The third kappa shape index (κ3) is 2.43. The zero-order chi connectivity index (χ0) is 8.15. The minimum absolute atomic E-state index is 0.0369. The summed E-state index contributed by atoms with van der Waals surface area (Å²) in [6.07, 6.45) is 0. The molecule has 0 saturated heterocycles. The summed E-state index contributed by atoms with van der Waals surface area (Å²) in [5, 5.41) is 6.94. The first-order chi connectivity index (χ1) is 4.59. The summed E-state index contributed by atoms with van der Waals surface area (Å²) in [5.74, 6) is -0.0369. The molecule has 0 saturated carbocycles. The van der Waals surface area contributed by atoms with Gasteiger partial charge in [-0.25, -0.2) is 9.18 Å². The smallest absolute Gasteiger partial charge is 0.320 e. The number of hydrogen-bond acceptors (Lipinski definition) is 2. The Morgan fingerprint density at radius 1 is 1.80 bits per heavy atom. The van der Waals surface area contributed by atoms with Crippen LogP contribution >= 0.6 is 0 Å². The van der Waals surface area contributed by atoms with E-state index in [1.165, 1.54) is 6.92 Å². The van der Waals surface area contributed by atoms with Crippen LogP contribution in [0.1, 0.15) is 6.92 Å². The predicted molar refractivity (Wildman–Crippen MR) is 35.7 cm³/mol. The van der Waals surface area contributed by atoms with E-state index in [0.717, 1.165) is 4.90 Å². The molecule has 10 heavy (non-hydrogen) atoms. The summed E-state index contributed by atoms with van der Waals surface area (Å²) in [4.78, 5) is 11.2. The Labute approximate surface area is 58.3 Å². The molecule has 0 aromatic rings. The van der Waals surface area contributed by atoms with Crippen LogP contribution in [0.5, 0.6) is 0 Å².